The first-order chi connectivity index (χ1) is 8.37. The summed E-state index contributed by atoms with van der Waals surface area (Å²) in [7, 11) is 8.52. The summed E-state index contributed by atoms with van der Waals surface area (Å²) in [6.07, 6.45) is 3.45. The Morgan fingerprint density at radius 1 is 1.22 bits per heavy atom. The van der Waals surface area contributed by atoms with Crippen LogP contribution in [-0.2, 0) is 4.74 Å². The zero-order valence-corrected chi connectivity index (χ0v) is 13.0. The minimum Gasteiger partial charge on any atom is -0.376 e. The number of allylic oxidation sites excluding steroid dienone is 2. The highest BCUT2D eigenvalue weighted by molar-refractivity contribution is 6.17. The van der Waals surface area contributed by atoms with Crippen molar-refractivity contribution in [2.24, 2.45) is 0 Å². The lowest BCUT2D eigenvalue weighted by molar-refractivity contribution is -0.112. The van der Waals surface area contributed by atoms with E-state index in [1.807, 2.05) is 13.8 Å². The Balaban J connectivity index is 0.000000771. The molecular weight excluding hydrogens is 221 g/mol. The molecule has 1 aliphatic carbocycles. The Kier molecular flexibility index (Phi) is 4.94. The van der Waals surface area contributed by atoms with Gasteiger partial charge in [-0.05, 0) is 32.0 Å². The smallest absolute Gasteiger partial charge is 0.0833 e. The van der Waals surface area contributed by atoms with Crippen LogP contribution in [0.3, 0.4) is 0 Å². The second-order valence-electron chi connectivity index (χ2n) is 5.89. The van der Waals surface area contributed by atoms with Crippen LogP contribution >= 0.6 is 0 Å². The third kappa shape index (κ3) is 2.76. The lowest BCUT2D eigenvalue weighted by Gasteiger charge is -2.50. The van der Waals surface area contributed by atoms with Crippen molar-refractivity contribution in [2.75, 3.05) is 20.3 Å². The van der Waals surface area contributed by atoms with Crippen LogP contribution in [0.15, 0.2) is 11.3 Å². The van der Waals surface area contributed by atoms with Gasteiger partial charge in [-0.3, -0.25) is 0 Å². The van der Waals surface area contributed by atoms with Gasteiger partial charge in [0, 0.05) is 12.7 Å². The summed E-state index contributed by atoms with van der Waals surface area (Å²) in [5.74, 6) is 0. The van der Waals surface area contributed by atoms with Crippen LogP contribution in [0.25, 0.3) is 0 Å². The molecule has 0 aromatic carbocycles. The van der Waals surface area contributed by atoms with E-state index in [1.165, 1.54) is 17.7 Å². The fraction of sp³-hybridized carbons (Fsp3) is 0.867. The predicted molar refractivity (Wildman–Crippen MR) is 79.0 cm³/mol. The number of hydrogen-bond donors (Lipinski definition) is 0. The van der Waals surface area contributed by atoms with Crippen molar-refractivity contribution >= 4 is 7.85 Å². The van der Waals surface area contributed by atoms with E-state index in [0.29, 0.717) is 0 Å². The zero-order valence-electron chi connectivity index (χ0n) is 13.0. The Labute approximate surface area is 114 Å². The fourth-order valence-electron chi connectivity index (χ4n) is 2.66. The molecule has 0 aromatic rings. The van der Waals surface area contributed by atoms with Crippen molar-refractivity contribution in [1.29, 1.82) is 0 Å². The Morgan fingerprint density at radius 3 is 2.22 bits per heavy atom. The predicted octanol–water partition coefficient (Wildman–Crippen LogP) is 3.54. The Hall–Kier alpha value is -0.435. The molecule has 1 aliphatic heterocycles. The molecule has 2 nitrogen and oxygen atoms in total. The molecule has 1 atom stereocenters. The molecule has 2 radical (unpaired) electrons. The van der Waals surface area contributed by atoms with Crippen molar-refractivity contribution in [1.82, 2.24) is 4.90 Å². The average Bonchev–Trinajstić information content (AvgIpc) is 2.31. The summed E-state index contributed by atoms with van der Waals surface area (Å²) in [5, 5.41) is -0.122. The highest BCUT2D eigenvalue weighted by Crippen LogP contribution is 2.45. The van der Waals surface area contributed by atoms with Crippen LogP contribution in [0.2, 0.25) is 5.31 Å². The van der Waals surface area contributed by atoms with Gasteiger partial charge in [0.1, 0.15) is 0 Å². The van der Waals surface area contributed by atoms with E-state index >= 15 is 0 Å². The van der Waals surface area contributed by atoms with Crippen molar-refractivity contribution < 1.29 is 4.74 Å². The number of ether oxygens (including phenoxy) is 1. The van der Waals surface area contributed by atoms with E-state index in [9.17, 15) is 0 Å². The van der Waals surface area contributed by atoms with Gasteiger partial charge in [-0.2, -0.15) is 0 Å². The van der Waals surface area contributed by atoms with E-state index < -0.39 is 0 Å². The SMILES string of the molecule is CC.[B]C1(C)CCCC(N(C)C2(C)COC2)=C1C. The topological polar surface area (TPSA) is 12.5 Å². The molecule has 1 unspecified atom stereocenters. The average molecular weight is 249 g/mol. The van der Waals surface area contributed by atoms with E-state index in [2.05, 4.69) is 32.7 Å². The second kappa shape index (κ2) is 5.69. The first-order valence-electron chi connectivity index (χ1n) is 7.17. The van der Waals surface area contributed by atoms with Crippen LogP contribution in [0.4, 0.5) is 0 Å². The van der Waals surface area contributed by atoms with Gasteiger partial charge in [-0.25, -0.2) is 0 Å². The summed E-state index contributed by atoms with van der Waals surface area (Å²) in [6.45, 7) is 12.3. The van der Waals surface area contributed by atoms with E-state index in [0.717, 1.165) is 26.1 Å². The number of hydrogen-bond acceptors (Lipinski definition) is 2. The van der Waals surface area contributed by atoms with Gasteiger partial charge in [0.15, 0.2) is 0 Å². The van der Waals surface area contributed by atoms with E-state index in [4.69, 9.17) is 12.6 Å². The minimum atomic E-state index is -0.122. The molecule has 0 amide bonds. The molecule has 1 heterocycles. The molecule has 1 fully saturated rings. The van der Waals surface area contributed by atoms with Gasteiger partial charge < -0.3 is 9.64 Å². The fourth-order valence-corrected chi connectivity index (χ4v) is 2.66. The lowest BCUT2D eigenvalue weighted by Crippen LogP contribution is -2.58. The molecule has 0 saturated carbocycles. The molecule has 0 spiro atoms. The second-order valence-corrected chi connectivity index (χ2v) is 5.89. The van der Waals surface area contributed by atoms with Crippen LogP contribution < -0.4 is 0 Å². The number of nitrogens with zero attached hydrogens (tertiary/aromatic N) is 1. The van der Waals surface area contributed by atoms with Crippen LogP contribution in [0, 0.1) is 0 Å². The normalized spacial score (nSPS) is 30.1. The largest absolute Gasteiger partial charge is 0.376 e. The summed E-state index contributed by atoms with van der Waals surface area (Å²) in [4.78, 5) is 2.40. The molecule has 0 bridgehead atoms. The van der Waals surface area contributed by atoms with Crippen molar-refractivity contribution in [3.63, 3.8) is 0 Å². The van der Waals surface area contributed by atoms with Crippen LogP contribution in [0.5, 0.6) is 0 Å². The maximum absolute atomic E-state index is 6.34. The van der Waals surface area contributed by atoms with Gasteiger partial charge in [-0.15, -0.1) is 0 Å². The van der Waals surface area contributed by atoms with Crippen molar-refractivity contribution in [3.8, 4) is 0 Å². The Bertz CT molecular complexity index is 318. The quantitative estimate of drug-likeness (QED) is 0.694. The number of likely N-dealkylation sites (N-methyl/N-ethyl adjacent to an activating group) is 1. The molecule has 2 rings (SSSR count). The third-order valence-electron chi connectivity index (χ3n) is 4.44. The molecule has 102 valence electrons. The van der Waals surface area contributed by atoms with E-state index in [-0.39, 0.29) is 10.9 Å². The Morgan fingerprint density at radius 2 is 1.78 bits per heavy atom. The van der Waals surface area contributed by atoms with Gasteiger partial charge in [0.05, 0.1) is 26.6 Å². The monoisotopic (exact) mass is 249 g/mol. The molecular formula is C15H28BNO. The van der Waals surface area contributed by atoms with Crippen molar-refractivity contribution in [2.45, 2.75) is 64.7 Å². The maximum atomic E-state index is 6.34. The molecule has 18 heavy (non-hydrogen) atoms. The highest BCUT2D eigenvalue weighted by atomic mass is 16.5. The lowest BCUT2D eigenvalue weighted by atomic mass is 9.60. The van der Waals surface area contributed by atoms with Gasteiger partial charge >= 0.3 is 0 Å². The van der Waals surface area contributed by atoms with Crippen LogP contribution in [-0.4, -0.2) is 38.5 Å². The summed E-state index contributed by atoms with van der Waals surface area (Å²) >= 11 is 0. The van der Waals surface area contributed by atoms with Crippen LogP contribution in [0.1, 0.15) is 53.9 Å². The maximum Gasteiger partial charge on any atom is 0.0833 e. The molecule has 1 saturated heterocycles. The van der Waals surface area contributed by atoms with E-state index in [1.54, 1.807) is 0 Å². The molecule has 0 N–H and O–H groups in total. The highest BCUT2D eigenvalue weighted by Gasteiger charge is 2.40. The van der Waals surface area contributed by atoms with Gasteiger partial charge in [-0.1, -0.05) is 32.8 Å². The molecule has 2 aliphatic rings. The van der Waals surface area contributed by atoms with Gasteiger partial charge in [0.25, 0.3) is 0 Å². The summed E-state index contributed by atoms with van der Waals surface area (Å²) in [5.41, 5.74) is 2.97. The summed E-state index contributed by atoms with van der Waals surface area (Å²) < 4.78 is 5.34. The number of rotatable bonds is 2. The molecule has 0 aromatic heterocycles. The first kappa shape index (κ1) is 15.6. The standard InChI is InChI=1S/C13H22BNO.C2H6/c1-10-11(6-5-7-13(10,3)14)15(4)12(2)8-16-9-12;1-2/h5-9H2,1-4H3;1-2H3. The minimum absolute atomic E-state index is 0.122. The summed E-state index contributed by atoms with van der Waals surface area (Å²) in [6, 6.07) is 0. The van der Waals surface area contributed by atoms with Gasteiger partial charge in [0.2, 0.25) is 0 Å². The zero-order chi connectivity index (χ0) is 14.0. The third-order valence-corrected chi connectivity index (χ3v) is 4.44. The van der Waals surface area contributed by atoms with Crippen molar-refractivity contribution in [3.05, 3.63) is 11.3 Å². The first-order valence-corrected chi connectivity index (χ1v) is 7.17. The molecule has 3 heteroatoms.